The van der Waals surface area contributed by atoms with Gasteiger partial charge in [0.05, 0.1) is 30.5 Å². The van der Waals surface area contributed by atoms with Crippen LogP contribution in [0.25, 0.3) is 0 Å². The molecule has 158 valence electrons. The smallest absolute Gasteiger partial charge is 0.257 e. The first-order valence-electron chi connectivity index (χ1n) is 9.98. The predicted octanol–water partition coefficient (Wildman–Crippen LogP) is 3.68. The number of rotatable bonds is 7. The number of nitriles is 1. The van der Waals surface area contributed by atoms with Crippen molar-refractivity contribution < 1.29 is 14.3 Å². The Labute approximate surface area is 184 Å². The highest BCUT2D eigenvalue weighted by Gasteiger charge is 2.14. The van der Waals surface area contributed by atoms with Gasteiger partial charge in [0.2, 0.25) is 0 Å². The molecule has 1 aromatic heterocycles. The Bertz CT molecular complexity index is 1090. The average Bonchev–Trinajstić information content (AvgIpc) is 3.25. The first kappa shape index (κ1) is 21.0. The van der Waals surface area contributed by atoms with Crippen LogP contribution >= 0.6 is 11.3 Å². The summed E-state index contributed by atoms with van der Waals surface area (Å²) in [6.07, 6.45) is 0. The molecule has 0 atom stereocenters. The van der Waals surface area contributed by atoms with E-state index in [9.17, 15) is 10.1 Å². The topological polar surface area (TPSA) is 87.5 Å². The number of morpholine rings is 1. The maximum Gasteiger partial charge on any atom is 0.257 e. The summed E-state index contributed by atoms with van der Waals surface area (Å²) in [5, 5.41) is 14.6. The number of hydrogen-bond acceptors (Lipinski definition) is 7. The molecule has 0 radical (unpaired) electrons. The van der Waals surface area contributed by atoms with Crippen molar-refractivity contribution in [3.63, 3.8) is 0 Å². The number of benzene rings is 2. The van der Waals surface area contributed by atoms with Gasteiger partial charge in [0, 0.05) is 36.1 Å². The number of hydrogen-bond donors (Lipinski definition) is 1. The van der Waals surface area contributed by atoms with E-state index in [1.807, 2.05) is 23.6 Å². The number of nitrogens with one attached hydrogen (secondary N) is 1. The van der Waals surface area contributed by atoms with Crippen molar-refractivity contribution >= 4 is 22.4 Å². The maximum atomic E-state index is 12.7. The summed E-state index contributed by atoms with van der Waals surface area (Å²) in [5.41, 5.74) is 2.80. The molecule has 2 aromatic carbocycles. The predicted molar refractivity (Wildman–Crippen MR) is 118 cm³/mol. The molecule has 0 spiro atoms. The van der Waals surface area contributed by atoms with Gasteiger partial charge < -0.3 is 9.47 Å². The van der Waals surface area contributed by atoms with Gasteiger partial charge in [-0.2, -0.15) is 5.26 Å². The van der Waals surface area contributed by atoms with Crippen molar-refractivity contribution in [2.45, 2.75) is 13.2 Å². The quantitative estimate of drug-likeness (QED) is 0.610. The summed E-state index contributed by atoms with van der Waals surface area (Å²) >= 11 is 1.41. The summed E-state index contributed by atoms with van der Waals surface area (Å²) < 4.78 is 11.2. The monoisotopic (exact) mass is 434 g/mol. The lowest BCUT2D eigenvalue weighted by Gasteiger charge is -2.25. The highest BCUT2D eigenvalue weighted by molar-refractivity contribution is 7.14. The Morgan fingerprint density at radius 3 is 2.90 bits per heavy atom. The molecular weight excluding hydrogens is 412 g/mol. The summed E-state index contributed by atoms with van der Waals surface area (Å²) in [7, 11) is 0. The van der Waals surface area contributed by atoms with E-state index in [-0.39, 0.29) is 12.5 Å². The van der Waals surface area contributed by atoms with Crippen LogP contribution in [-0.4, -0.2) is 42.1 Å². The van der Waals surface area contributed by atoms with Crippen molar-refractivity contribution in [3.05, 3.63) is 76.3 Å². The van der Waals surface area contributed by atoms with Crippen LogP contribution in [0, 0.1) is 11.3 Å². The highest BCUT2D eigenvalue weighted by atomic mass is 32.1. The number of ether oxygens (including phenoxy) is 2. The fourth-order valence-electron chi connectivity index (χ4n) is 3.24. The van der Waals surface area contributed by atoms with Gasteiger partial charge in [0.15, 0.2) is 5.13 Å². The number of anilines is 1. The molecule has 3 aromatic rings. The molecule has 0 saturated carbocycles. The fourth-order valence-corrected chi connectivity index (χ4v) is 3.93. The van der Waals surface area contributed by atoms with E-state index in [4.69, 9.17) is 9.47 Å². The molecule has 1 aliphatic rings. The molecular formula is C23H22N4O3S. The van der Waals surface area contributed by atoms with Crippen LogP contribution in [0.4, 0.5) is 5.13 Å². The van der Waals surface area contributed by atoms with Gasteiger partial charge in [-0.1, -0.05) is 24.3 Å². The van der Waals surface area contributed by atoms with E-state index in [1.165, 1.54) is 11.3 Å². The molecule has 0 aliphatic carbocycles. The lowest BCUT2D eigenvalue weighted by molar-refractivity contribution is 0.0337. The molecule has 1 aliphatic heterocycles. The van der Waals surface area contributed by atoms with Gasteiger partial charge in [-0.15, -0.1) is 11.3 Å². The largest absolute Gasteiger partial charge is 0.489 e. The first-order valence-corrected chi connectivity index (χ1v) is 10.9. The van der Waals surface area contributed by atoms with E-state index in [0.717, 1.165) is 44.1 Å². The summed E-state index contributed by atoms with van der Waals surface area (Å²) in [5.74, 6) is 0.322. The number of nitrogens with zero attached hydrogens (tertiary/aromatic N) is 3. The van der Waals surface area contributed by atoms with Crippen molar-refractivity contribution in [2.75, 3.05) is 31.6 Å². The molecule has 1 N–H and O–H groups in total. The number of carbonyl (C=O) groups excluding carboxylic acids is 1. The maximum absolute atomic E-state index is 12.7. The minimum absolute atomic E-state index is 0.241. The molecule has 1 fully saturated rings. The van der Waals surface area contributed by atoms with Gasteiger partial charge >= 0.3 is 0 Å². The van der Waals surface area contributed by atoms with Crippen LogP contribution < -0.4 is 10.1 Å². The second-order valence-corrected chi connectivity index (χ2v) is 7.93. The van der Waals surface area contributed by atoms with Crippen molar-refractivity contribution in [3.8, 4) is 11.8 Å². The molecule has 0 bridgehead atoms. The van der Waals surface area contributed by atoms with Crippen LogP contribution in [0.15, 0.2) is 53.9 Å². The average molecular weight is 435 g/mol. The summed E-state index contributed by atoms with van der Waals surface area (Å²) in [6.45, 7) is 4.29. The molecule has 31 heavy (non-hydrogen) atoms. The molecule has 7 nitrogen and oxygen atoms in total. The van der Waals surface area contributed by atoms with Crippen LogP contribution in [0.3, 0.4) is 0 Å². The molecule has 1 amide bonds. The van der Waals surface area contributed by atoms with Gasteiger partial charge in [-0.05, 0) is 24.3 Å². The highest BCUT2D eigenvalue weighted by Crippen LogP contribution is 2.20. The van der Waals surface area contributed by atoms with E-state index in [0.29, 0.717) is 22.0 Å². The zero-order chi connectivity index (χ0) is 21.5. The lowest BCUT2D eigenvalue weighted by atomic mass is 10.1. The number of aromatic nitrogens is 1. The summed E-state index contributed by atoms with van der Waals surface area (Å²) in [4.78, 5) is 19.5. The number of amides is 1. The van der Waals surface area contributed by atoms with Gasteiger partial charge in [0.1, 0.15) is 12.4 Å². The second kappa shape index (κ2) is 10.2. The first-order chi connectivity index (χ1) is 15.2. The second-order valence-electron chi connectivity index (χ2n) is 7.07. The molecule has 2 heterocycles. The molecule has 0 unspecified atom stereocenters. The Balaban J connectivity index is 1.35. The third-order valence-electron chi connectivity index (χ3n) is 4.89. The van der Waals surface area contributed by atoms with Crippen molar-refractivity contribution in [1.29, 1.82) is 5.26 Å². The van der Waals surface area contributed by atoms with E-state index in [1.54, 1.807) is 30.3 Å². The number of carbonyl (C=O) groups is 1. The van der Waals surface area contributed by atoms with Gasteiger partial charge in [-0.3, -0.25) is 15.0 Å². The molecule has 4 rings (SSSR count). The van der Waals surface area contributed by atoms with Crippen molar-refractivity contribution in [1.82, 2.24) is 9.88 Å². The Hall–Kier alpha value is -3.25. The van der Waals surface area contributed by atoms with E-state index >= 15 is 0 Å². The minimum atomic E-state index is -0.241. The van der Waals surface area contributed by atoms with E-state index < -0.39 is 0 Å². The Morgan fingerprint density at radius 1 is 1.23 bits per heavy atom. The zero-order valence-corrected chi connectivity index (χ0v) is 17.7. The minimum Gasteiger partial charge on any atom is -0.489 e. The van der Waals surface area contributed by atoms with Gasteiger partial charge in [-0.25, -0.2) is 4.98 Å². The summed E-state index contributed by atoms with van der Waals surface area (Å²) in [6, 6.07) is 16.4. The SMILES string of the molecule is N#Cc1ccccc1COc1cccc(C(=O)Nc2nc(CN3CCOCC3)cs2)c1. The molecule has 1 saturated heterocycles. The molecule has 8 heteroatoms. The van der Waals surface area contributed by atoms with Crippen LogP contribution in [-0.2, 0) is 17.9 Å². The van der Waals surface area contributed by atoms with E-state index in [2.05, 4.69) is 21.3 Å². The van der Waals surface area contributed by atoms with Crippen LogP contribution in [0.2, 0.25) is 0 Å². The lowest BCUT2D eigenvalue weighted by Crippen LogP contribution is -2.35. The Morgan fingerprint density at radius 2 is 2.06 bits per heavy atom. The third kappa shape index (κ3) is 5.67. The zero-order valence-electron chi connectivity index (χ0n) is 16.9. The van der Waals surface area contributed by atoms with Gasteiger partial charge in [0.25, 0.3) is 5.91 Å². The van der Waals surface area contributed by atoms with Crippen LogP contribution in [0.5, 0.6) is 5.75 Å². The standard InChI is InChI=1S/C23H22N4O3S/c24-13-18-4-1-2-5-19(18)15-30-21-7-3-6-17(12-21)22(28)26-23-25-20(16-31-23)14-27-8-10-29-11-9-27/h1-7,12,16H,8-11,14-15H2,(H,25,26,28). The number of thiazole rings is 1. The Kier molecular flexibility index (Phi) is 6.89. The third-order valence-corrected chi connectivity index (χ3v) is 5.70. The van der Waals surface area contributed by atoms with Crippen molar-refractivity contribution in [2.24, 2.45) is 0 Å². The fraction of sp³-hybridized carbons (Fsp3) is 0.261. The van der Waals surface area contributed by atoms with Crippen LogP contribution in [0.1, 0.15) is 27.2 Å². The normalized spacial score (nSPS) is 14.0.